The van der Waals surface area contributed by atoms with Crippen molar-refractivity contribution in [3.8, 4) is 0 Å². The molecule has 1 fully saturated rings. The molecule has 0 spiro atoms. The summed E-state index contributed by atoms with van der Waals surface area (Å²) in [6.45, 7) is 3.80. The highest BCUT2D eigenvalue weighted by Gasteiger charge is 2.44. The van der Waals surface area contributed by atoms with Crippen molar-refractivity contribution in [3.63, 3.8) is 0 Å². The Bertz CT molecular complexity index is 1250. The van der Waals surface area contributed by atoms with Gasteiger partial charge in [0, 0.05) is 6.42 Å². The molecule has 1 saturated heterocycles. The van der Waals surface area contributed by atoms with E-state index in [-0.39, 0.29) is 12.5 Å². The van der Waals surface area contributed by atoms with E-state index in [1.807, 2.05) is 6.08 Å². The number of carbonyl (C=O) groups excluding carboxylic acids is 1. The molecule has 0 aromatic heterocycles. The largest absolute Gasteiger partial charge is 0.394 e. The molecule has 76 heavy (non-hydrogen) atoms. The molecule has 0 radical (unpaired) electrons. The van der Waals surface area contributed by atoms with Gasteiger partial charge in [-0.1, -0.05) is 327 Å². The van der Waals surface area contributed by atoms with Gasteiger partial charge in [-0.15, -0.1) is 0 Å². The summed E-state index contributed by atoms with van der Waals surface area (Å²) in [5, 5.41) is 54.5. The Labute approximate surface area is 470 Å². The van der Waals surface area contributed by atoms with Crippen LogP contribution in [-0.2, 0) is 14.3 Å². The molecule has 1 amide bonds. The van der Waals surface area contributed by atoms with Crippen LogP contribution in [-0.4, -0.2) is 87.5 Å². The fourth-order valence-corrected chi connectivity index (χ4v) is 11.0. The van der Waals surface area contributed by atoms with Gasteiger partial charge in [-0.05, 0) is 32.1 Å². The van der Waals surface area contributed by atoms with Crippen molar-refractivity contribution >= 4 is 5.91 Å². The topological polar surface area (TPSA) is 149 Å². The Balaban J connectivity index is 2.05. The number of amides is 1. The maximum atomic E-state index is 13.1. The Hall–Kier alpha value is -1.33. The van der Waals surface area contributed by atoms with E-state index < -0.39 is 49.5 Å². The van der Waals surface area contributed by atoms with Gasteiger partial charge >= 0.3 is 0 Å². The van der Waals surface area contributed by atoms with Gasteiger partial charge in [0.1, 0.15) is 24.4 Å². The number of hydrogen-bond acceptors (Lipinski definition) is 8. The predicted octanol–water partition coefficient (Wildman–Crippen LogP) is 17.7. The van der Waals surface area contributed by atoms with Crippen molar-refractivity contribution in [3.05, 3.63) is 24.3 Å². The quantitative estimate of drug-likeness (QED) is 0.0261. The molecular weight excluding hydrogens is 947 g/mol. The van der Waals surface area contributed by atoms with Crippen LogP contribution in [0.4, 0.5) is 0 Å². The van der Waals surface area contributed by atoms with E-state index in [2.05, 4.69) is 31.3 Å². The van der Waals surface area contributed by atoms with Crippen LogP contribution in [0.2, 0.25) is 0 Å². The second kappa shape index (κ2) is 56.9. The van der Waals surface area contributed by atoms with Gasteiger partial charge in [0.05, 0.1) is 25.4 Å². The molecule has 0 saturated carbocycles. The van der Waals surface area contributed by atoms with Crippen LogP contribution in [0.5, 0.6) is 0 Å². The van der Waals surface area contributed by atoms with E-state index in [9.17, 15) is 30.3 Å². The van der Waals surface area contributed by atoms with Crippen molar-refractivity contribution in [1.29, 1.82) is 0 Å². The molecule has 450 valence electrons. The zero-order chi connectivity index (χ0) is 55.0. The monoisotopic (exact) mass is 1080 g/mol. The molecule has 1 aliphatic rings. The molecule has 7 atom stereocenters. The summed E-state index contributed by atoms with van der Waals surface area (Å²) >= 11 is 0. The summed E-state index contributed by atoms with van der Waals surface area (Å²) in [6.07, 6.45) is 67.3. The SMILES string of the molecule is CCCCCCCCCCCC/C=C/CC/C=C/C(O)C(COC1OC(CO)C(O)C(O)C1O)NC(=O)CCCCCCCCCCCCCCCCCCCCCCCCCCCCCCCCCCCCCCC. The fraction of sp³-hybridized carbons (Fsp3) is 0.925. The van der Waals surface area contributed by atoms with Crippen LogP contribution in [0.3, 0.4) is 0 Å². The van der Waals surface area contributed by atoms with Crippen molar-refractivity contribution in [1.82, 2.24) is 5.32 Å². The van der Waals surface area contributed by atoms with E-state index in [1.165, 1.54) is 283 Å². The van der Waals surface area contributed by atoms with Gasteiger partial charge in [0.2, 0.25) is 5.91 Å². The minimum Gasteiger partial charge on any atom is -0.394 e. The molecule has 1 aliphatic heterocycles. The lowest BCUT2D eigenvalue weighted by Gasteiger charge is -2.40. The lowest BCUT2D eigenvalue weighted by atomic mass is 9.99. The number of allylic oxidation sites excluding steroid dienone is 3. The Kier molecular flexibility index (Phi) is 54.4. The lowest BCUT2D eigenvalue weighted by molar-refractivity contribution is -0.302. The molecule has 0 aromatic carbocycles. The molecule has 6 N–H and O–H groups in total. The van der Waals surface area contributed by atoms with Gasteiger partial charge in [-0.3, -0.25) is 4.79 Å². The highest BCUT2D eigenvalue weighted by molar-refractivity contribution is 5.76. The number of unbranched alkanes of at least 4 members (excludes halogenated alkanes) is 47. The summed E-state index contributed by atoms with van der Waals surface area (Å²) in [5.74, 6) is -0.180. The molecule has 0 bridgehead atoms. The number of aliphatic hydroxyl groups excluding tert-OH is 5. The molecule has 1 heterocycles. The highest BCUT2D eigenvalue weighted by Crippen LogP contribution is 2.23. The Morgan fingerprint density at radius 3 is 1.11 bits per heavy atom. The first-order chi connectivity index (χ1) is 37.3. The summed E-state index contributed by atoms with van der Waals surface area (Å²) < 4.78 is 11.3. The van der Waals surface area contributed by atoms with Gasteiger partial charge in [0.15, 0.2) is 6.29 Å². The van der Waals surface area contributed by atoms with Crippen LogP contribution in [0.1, 0.15) is 341 Å². The summed E-state index contributed by atoms with van der Waals surface area (Å²) in [6, 6.07) is -0.819. The number of nitrogens with one attached hydrogen (secondary N) is 1. The fourth-order valence-electron chi connectivity index (χ4n) is 11.0. The zero-order valence-corrected chi connectivity index (χ0v) is 50.3. The predicted molar refractivity (Wildman–Crippen MR) is 323 cm³/mol. The van der Waals surface area contributed by atoms with E-state index in [0.717, 1.165) is 38.5 Å². The summed E-state index contributed by atoms with van der Waals surface area (Å²) in [5.41, 5.74) is 0. The summed E-state index contributed by atoms with van der Waals surface area (Å²) in [7, 11) is 0. The van der Waals surface area contributed by atoms with Gasteiger partial charge in [-0.25, -0.2) is 0 Å². The third kappa shape index (κ3) is 45.4. The lowest BCUT2D eigenvalue weighted by Crippen LogP contribution is -2.60. The first kappa shape index (κ1) is 72.7. The van der Waals surface area contributed by atoms with Gasteiger partial charge < -0.3 is 40.3 Å². The highest BCUT2D eigenvalue weighted by atomic mass is 16.7. The number of hydrogen-bond donors (Lipinski definition) is 6. The van der Waals surface area contributed by atoms with Gasteiger partial charge in [-0.2, -0.15) is 0 Å². The van der Waals surface area contributed by atoms with Crippen LogP contribution >= 0.6 is 0 Å². The molecule has 0 aromatic rings. The smallest absolute Gasteiger partial charge is 0.220 e. The van der Waals surface area contributed by atoms with Crippen LogP contribution in [0.25, 0.3) is 0 Å². The Morgan fingerprint density at radius 1 is 0.434 bits per heavy atom. The normalized spacial score (nSPS) is 18.9. The van der Waals surface area contributed by atoms with E-state index in [1.54, 1.807) is 6.08 Å². The van der Waals surface area contributed by atoms with Crippen molar-refractivity contribution < 1.29 is 39.8 Å². The maximum Gasteiger partial charge on any atom is 0.220 e. The maximum absolute atomic E-state index is 13.1. The van der Waals surface area contributed by atoms with E-state index >= 15 is 0 Å². The van der Waals surface area contributed by atoms with Gasteiger partial charge in [0.25, 0.3) is 0 Å². The first-order valence-corrected chi connectivity index (χ1v) is 33.6. The van der Waals surface area contributed by atoms with Crippen molar-refractivity contribution in [2.24, 2.45) is 0 Å². The molecule has 1 rings (SSSR count). The van der Waals surface area contributed by atoms with Crippen LogP contribution in [0.15, 0.2) is 24.3 Å². The van der Waals surface area contributed by atoms with E-state index in [0.29, 0.717) is 6.42 Å². The third-order valence-corrected chi connectivity index (χ3v) is 16.3. The number of carbonyl (C=O) groups is 1. The molecule has 0 aliphatic carbocycles. The number of rotatable bonds is 59. The average Bonchev–Trinajstić information content (AvgIpc) is 3.42. The molecule has 9 heteroatoms. The third-order valence-electron chi connectivity index (χ3n) is 16.3. The minimum atomic E-state index is -1.57. The van der Waals surface area contributed by atoms with Crippen LogP contribution < -0.4 is 5.32 Å². The Morgan fingerprint density at radius 2 is 0.750 bits per heavy atom. The van der Waals surface area contributed by atoms with E-state index in [4.69, 9.17) is 9.47 Å². The second-order valence-corrected chi connectivity index (χ2v) is 23.6. The zero-order valence-electron chi connectivity index (χ0n) is 50.3. The standard InChI is InChI=1S/C67H129NO8/c1-3-5-7-9-11-13-15-17-19-21-22-23-24-25-26-27-28-29-30-31-32-33-34-35-36-37-38-39-40-41-43-45-47-49-51-53-55-57-63(71)68-60(59-75-67-66(74)65(73)64(72)62(58-69)76-67)61(70)56-54-52-50-48-46-44-42-20-18-16-14-12-10-8-6-4-2/h46,48,54,56,60-62,64-67,69-70,72-74H,3-45,47,49-53,55,57-59H2,1-2H3,(H,68,71)/b48-46+,56-54+. The second-order valence-electron chi connectivity index (χ2n) is 23.6. The molecule has 9 nitrogen and oxygen atoms in total. The number of aliphatic hydroxyl groups is 5. The first-order valence-electron chi connectivity index (χ1n) is 33.6. The summed E-state index contributed by atoms with van der Waals surface area (Å²) in [4.78, 5) is 13.1. The molecular formula is C67H129NO8. The molecule has 7 unspecified atom stereocenters. The average molecular weight is 1080 g/mol. The van der Waals surface area contributed by atoms with Crippen molar-refractivity contribution in [2.45, 2.75) is 384 Å². The van der Waals surface area contributed by atoms with Crippen molar-refractivity contribution in [2.75, 3.05) is 13.2 Å². The number of ether oxygens (including phenoxy) is 2. The van der Waals surface area contributed by atoms with Crippen LogP contribution in [0, 0.1) is 0 Å². The minimum absolute atomic E-state index is 0.180.